The zero-order valence-corrected chi connectivity index (χ0v) is 12.5. The Morgan fingerprint density at radius 2 is 1.89 bits per heavy atom. The maximum atomic E-state index is 4.47. The largest absolute Gasteiger partial charge is 0.326 e. The standard InChI is InChI=1S/C15H14BrN3/c1-10-3-14-15(4-11(10)2)19(9-18-14)8-12-5-13(16)7-17-6-12/h3-7,9H,8H2,1-2H3. The van der Waals surface area contributed by atoms with Crippen molar-refractivity contribution in [2.24, 2.45) is 0 Å². The minimum atomic E-state index is 0.783. The summed E-state index contributed by atoms with van der Waals surface area (Å²) < 4.78 is 3.16. The van der Waals surface area contributed by atoms with Gasteiger partial charge >= 0.3 is 0 Å². The van der Waals surface area contributed by atoms with E-state index in [-0.39, 0.29) is 0 Å². The van der Waals surface area contributed by atoms with Crippen LogP contribution in [-0.2, 0) is 6.54 Å². The van der Waals surface area contributed by atoms with Gasteiger partial charge in [0.2, 0.25) is 0 Å². The van der Waals surface area contributed by atoms with E-state index in [0.717, 1.165) is 22.1 Å². The summed E-state index contributed by atoms with van der Waals surface area (Å²) in [5.74, 6) is 0. The highest BCUT2D eigenvalue weighted by Crippen LogP contribution is 2.20. The van der Waals surface area contributed by atoms with E-state index >= 15 is 0 Å². The lowest BCUT2D eigenvalue weighted by molar-refractivity contribution is 0.818. The molecular weight excluding hydrogens is 302 g/mol. The lowest BCUT2D eigenvalue weighted by Gasteiger charge is -2.06. The van der Waals surface area contributed by atoms with Crippen molar-refractivity contribution in [3.63, 3.8) is 0 Å². The molecule has 19 heavy (non-hydrogen) atoms. The predicted octanol–water partition coefficient (Wildman–Crippen LogP) is 3.86. The Morgan fingerprint density at radius 3 is 2.68 bits per heavy atom. The van der Waals surface area contributed by atoms with E-state index in [1.807, 2.05) is 12.5 Å². The summed E-state index contributed by atoms with van der Waals surface area (Å²) in [6.07, 6.45) is 5.57. The van der Waals surface area contributed by atoms with Crippen molar-refractivity contribution in [1.29, 1.82) is 0 Å². The number of aromatic nitrogens is 3. The van der Waals surface area contributed by atoms with Crippen LogP contribution in [0.2, 0.25) is 0 Å². The first-order chi connectivity index (χ1) is 9.13. The van der Waals surface area contributed by atoms with Gasteiger partial charge in [0.05, 0.1) is 23.9 Å². The second-order valence-corrected chi connectivity index (χ2v) is 5.72. The summed E-state index contributed by atoms with van der Waals surface area (Å²) in [6, 6.07) is 6.42. The average molecular weight is 316 g/mol. The van der Waals surface area contributed by atoms with E-state index in [2.05, 4.69) is 62.5 Å². The van der Waals surface area contributed by atoms with Crippen LogP contribution in [0.15, 0.2) is 41.4 Å². The van der Waals surface area contributed by atoms with Crippen molar-refractivity contribution < 1.29 is 0 Å². The van der Waals surface area contributed by atoms with Gasteiger partial charge in [-0.1, -0.05) is 0 Å². The van der Waals surface area contributed by atoms with Crippen LogP contribution >= 0.6 is 15.9 Å². The lowest BCUT2D eigenvalue weighted by atomic mass is 10.1. The maximum absolute atomic E-state index is 4.47. The van der Waals surface area contributed by atoms with Crippen molar-refractivity contribution in [3.8, 4) is 0 Å². The van der Waals surface area contributed by atoms with E-state index in [1.165, 1.54) is 16.6 Å². The van der Waals surface area contributed by atoms with Crippen molar-refractivity contribution >= 4 is 27.0 Å². The number of fused-ring (bicyclic) bond motifs is 1. The fourth-order valence-electron chi connectivity index (χ4n) is 2.18. The second kappa shape index (κ2) is 4.78. The van der Waals surface area contributed by atoms with Crippen molar-refractivity contribution in [1.82, 2.24) is 14.5 Å². The fraction of sp³-hybridized carbons (Fsp3) is 0.200. The quantitative estimate of drug-likeness (QED) is 0.719. The van der Waals surface area contributed by atoms with Crippen LogP contribution in [0.3, 0.4) is 0 Å². The summed E-state index contributed by atoms with van der Waals surface area (Å²) in [5.41, 5.74) is 5.95. The van der Waals surface area contributed by atoms with Gasteiger partial charge in [0.1, 0.15) is 0 Å². The Hall–Kier alpha value is -1.68. The first-order valence-corrected chi connectivity index (χ1v) is 6.94. The molecule has 1 aromatic carbocycles. The molecule has 96 valence electrons. The van der Waals surface area contributed by atoms with Crippen LogP contribution in [0.1, 0.15) is 16.7 Å². The molecule has 0 unspecified atom stereocenters. The van der Waals surface area contributed by atoms with Crippen molar-refractivity contribution in [2.75, 3.05) is 0 Å². The number of hydrogen-bond acceptors (Lipinski definition) is 2. The van der Waals surface area contributed by atoms with E-state index in [1.54, 1.807) is 6.20 Å². The number of rotatable bonds is 2. The van der Waals surface area contributed by atoms with Gasteiger partial charge in [0.25, 0.3) is 0 Å². The molecule has 0 bridgehead atoms. The molecule has 0 amide bonds. The van der Waals surface area contributed by atoms with E-state index in [4.69, 9.17) is 0 Å². The summed E-state index contributed by atoms with van der Waals surface area (Å²) in [5, 5.41) is 0. The average Bonchev–Trinajstić information content (AvgIpc) is 2.73. The molecule has 0 atom stereocenters. The normalized spacial score (nSPS) is 11.1. The third-order valence-electron chi connectivity index (χ3n) is 3.35. The molecule has 3 rings (SSSR count). The molecule has 0 aliphatic carbocycles. The van der Waals surface area contributed by atoms with Gasteiger partial charge in [-0.15, -0.1) is 0 Å². The SMILES string of the molecule is Cc1cc2ncn(Cc3cncc(Br)c3)c2cc1C. The molecule has 2 heterocycles. The number of imidazole rings is 1. The summed E-state index contributed by atoms with van der Waals surface area (Å²) >= 11 is 3.45. The van der Waals surface area contributed by atoms with Gasteiger partial charge in [0.15, 0.2) is 0 Å². The fourth-order valence-corrected chi connectivity index (χ4v) is 2.59. The summed E-state index contributed by atoms with van der Waals surface area (Å²) in [7, 11) is 0. The molecule has 3 aromatic rings. The topological polar surface area (TPSA) is 30.7 Å². The molecule has 0 fully saturated rings. The molecule has 0 aliphatic rings. The highest BCUT2D eigenvalue weighted by molar-refractivity contribution is 9.10. The Kier molecular flexibility index (Phi) is 3.11. The van der Waals surface area contributed by atoms with E-state index in [0.29, 0.717) is 0 Å². The third kappa shape index (κ3) is 2.40. The van der Waals surface area contributed by atoms with Crippen LogP contribution in [-0.4, -0.2) is 14.5 Å². The first-order valence-electron chi connectivity index (χ1n) is 6.15. The zero-order chi connectivity index (χ0) is 13.4. The number of pyridine rings is 1. The van der Waals surface area contributed by atoms with Gasteiger partial charge in [-0.25, -0.2) is 4.98 Å². The Balaban J connectivity index is 2.04. The second-order valence-electron chi connectivity index (χ2n) is 4.81. The first kappa shape index (κ1) is 12.4. The Morgan fingerprint density at radius 1 is 1.11 bits per heavy atom. The number of halogens is 1. The van der Waals surface area contributed by atoms with E-state index < -0.39 is 0 Å². The highest BCUT2D eigenvalue weighted by atomic mass is 79.9. The van der Waals surface area contributed by atoms with Crippen LogP contribution in [0.5, 0.6) is 0 Å². The van der Waals surface area contributed by atoms with Crippen molar-refractivity contribution in [2.45, 2.75) is 20.4 Å². The maximum Gasteiger partial charge on any atom is 0.0961 e. The van der Waals surface area contributed by atoms with Gasteiger partial charge < -0.3 is 4.57 Å². The molecule has 0 N–H and O–H groups in total. The van der Waals surface area contributed by atoms with Crippen molar-refractivity contribution in [3.05, 3.63) is 58.1 Å². The van der Waals surface area contributed by atoms with Gasteiger partial charge in [-0.2, -0.15) is 0 Å². The molecule has 0 saturated carbocycles. The van der Waals surface area contributed by atoms with Crippen LogP contribution in [0.4, 0.5) is 0 Å². The highest BCUT2D eigenvalue weighted by Gasteiger charge is 2.06. The number of hydrogen-bond donors (Lipinski definition) is 0. The minimum Gasteiger partial charge on any atom is -0.326 e. The molecule has 2 aromatic heterocycles. The number of benzene rings is 1. The summed E-state index contributed by atoms with van der Waals surface area (Å²) in [4.78, 5) is 8.67. The lowest BCUT2D eigenvalue weighted by Crippen LogP contribution is -1.98. The predicted molar refractivity (Wildman–Crippen MR) is 80.2 cm³/mol. The van der Waals surface area contributed by atoms with E-state index in [9.17, 15) is 0 Å². The molecule has 0 radical (unpaired) electrons. The molecule has 0 saturated heterocycles. The van der Waals surface area contributed by atoms with Gasteiger partial charge in [0, 0.05) is 16.9 Å². The minimum absolute atomic E-state index is 0.783. The number of aryl methyl sites for hydroxylation is 2. The molecule has 4 heteroatoms. The molecule has 0 spiro atoms. The smallest absolute Gasteiger partial charge is 0.0961 e. The number of nitrogens with zero attached hydrogens (tertiary/aromatic N) is 3. The monoisotopic (exact) mass is 315 g/mol. The van der Waals surface area contributed by atoms with Gasteiger partial charge in [-0.05, 0) is 64.7 Å². The third-order valence-corrected chi connectivity index (χ3v) is 3.78. The summed E-state index contributed by atoms with van der Waals surface area (Å²) in [6.45, 7) is 5.03. The Bertz CT molecular complexity index is 746. The molecule has 0 aliphatic heterocycles. The molecule has 3 nitrogen and oxygen atoms in total. The van der Waals surface area contributed by atoms with Gasteiger partial charge in [-0.3, -0.25) is 4.98 Å². The van der Waals surface area contributed by atoms with Crippen LogP contribution in [0.25, 0.3) is 11.0 Å². The molecular formula is C15H14BrN3. The van der Waals surface area contributed by atoms with Crippen LogP contribution in [0, 0.1) is 13.8 Å². The Labute approximate surface area is 120 Å². The zero-order valence-electron chi connectivity index (χ0n) is 10.9. The van der Waals surface area contributed by atoms with Crippen LogP contribution < -0.4 is 0 Å².